The van der Waals surface area contributed by atoms with Crippen molar-refractivity contribution in [2.24, 2.45) is 5.92 Å². The van der Waals surface area contributed by atoms with Gasteiger partial charge >= 0.3 is 6.01 Å². The molecule has 0 N–H and O–H groups in total. The summed E-state index contributed by atoms with van der Waals surface area (Å²) in [5.41, 5.74) is 0.836. The van der Waals surface area contributed by atoms with Crippen LogP contribution in [0.5, 0.6) is 0 Å². The molecule has 1 aromatic heterocycles. The van der Waals surface area contributed by atoms with E-state index < -0.39 is 0 Å². The molecule has 6 heteroatoms. The van der Waals surface area contributed by atoms with Crippen LogP contribution in [0.3, 0.4) is 0 Å². The van der Waals surface area contributed by atoms with E-state index in [2.05, 4.69) is 15.1 Å². The van der Waals surface area contributed by atoms with E-state index in [1.165, 1.54) is 6.42 Å². The molecule has 2 aliphatic rings. The van der Waals surface area contributed by atoms with E-state index in [0.29, 0.717) is 18.5 Å². The lowest BCUT2D eigenvalue weighted by atomic mass is 9.85. The molecular formula is C19H23N3O2S. The zero-order valence-electron chi connectivity index (χ0n) is 14.5. The molecule has 2 heterocycles. The van der Waals surface area contributed by atoms with Gasteiger partial charge in [0.05, 0.1) is 0 Å². The van der Waals surface area contributed by atoms with Crippen molar-refractivity contribution in [1.29, 1.82) is 0 Å². The van der Waals surface area contributed by atoms with Crippen LogP contribution in [-0.2, 0) is 0 Å². The van der Waals surface area contributed by atoms with Crippen LogP contribution in [0.2, 0.25) is 0 Å². The fraction of sp³-hybridized carbons (Fsp3) is 0.526. The average molecular weight is 357 g/mol. The molecule has 0 radical (unpaired) electrons. The van der Waals surface area contributed by atoms with E-state index in [9.17, 15) is 4.79 Å². The van der Waals surface area contributed by atoms with Crippen molar-refractivity contribution in [2.75, 3.05) is 24.2 Å². The first-order valence-electron chi connectivity index (χ1n) is 9.02. The summed E-state index contributed by atoms with van der Waals surface area (Å²) in [4.78, 5) is 16.2. The first-order valence-corrected chi connectivity index (χ1v) is 10.2. The van der Waals surface area contributed by atoms with E-state index in [-0.39, 0.29) is 11.7 Å². The molecule has 2 aromatic rings. The first kappa shape index (κ1) is 16.6. The van der Waals surface area contributed by atoms with Crippen molar-refractivity contribution in [3.05, 3.63) is 35.7 Å². The maximum absolute atomic E-state index is 13.0. The zero-order valence-corrected chi connectivity index (χ0v) is 15.3. The van der Waals surface area contributed by atoms with Crippen molar-refractivity contribution in [3.63, 3.8) is 0 Å². The molecule has 1 atom stereocenters. The summed E-state index contributed by atoms with van der Waals surface area (Å²) in [7, 11) is 0. The van der Waals surface area contributed by atoms with E-state index >= 15 is 0 Å². The second-order valence-electron chi connectivity index (χ2n) is 6.90. The van der Waals surface area contributed by atoms with Gasteiger partial charge in [0.1, 0.15) is 0 Å². The summed E-state index contributed by atoms with van der Waals surface area (Å²) >= 11 is 1.63. The maximum Gasteiger partial charge on any atom is 0.318 e. The van der Waals surface area contributed by atoms with E-state index in [0.717, 1.165) is 48.6 Å². The normalized spacial score (nSPS) is 21.2. The topological polar surface area (TPSA) is 59.2 Å². The molecule has 1 aromatic carbocycles. The van der Waals surface area contributed by atoms with Gasteiger partial charge in [-0.3, -0.25) is 4.79 Å². The van der Waals surface area contributed by atoms with Gasteiger partial charge in [-0.25, -0.2) is 0 Å². The summed E-state index contributed by atoms with van der Waals surface area (Å²) in [5.74, 6) is 1.42. The summed E-state index contributed by atoms with van der Waals surface area (Å²) in [5, 5.41) is 8.46. The highest BCUT2D eigenvalue weighted by Gasteiger charge is 2.31. The highest BCUT2D eigenvalue weighted by Crippen LogP contribution is 2.37. The quantitative estimate of drug-likeness (QED) is 0.591. The minimum atomic E-state index is -0.0129. The zero-order chi connectivity index (χ0) is 17.2. The predicted molar refractivity (Wildman–Crippen MR) is 98.4 cm³/mol. The number of ketones is 1. The van der Waals surface area contributed by atoms with Crippen LogP contribution in [-0.4, -0.2) is 35.3 Å². The molecule has 1 saturated heterocycles. The molecule has 4 rings (SSSR count). The SMILES string of the molecule is CSc1ccccc1C(=O)[C@@H]1CCCN(c2nnc(C3CCC3)o2)C1. The van der Waals surface area contributed by atoms with E-state index in [1.54, 1.807) is 11.8 Å². The minimum absolute atomic E-state index is 0.0129. The number of thioether (sulfide) groups is 1. The second kappa shape index (κ2) is 7.20. The van der Waals surface area contributed by atoms with Gasteiger partial charge in [-0.05, 0) is 38.0 Å². The molecule has 0 spiro atoms. The number of carbonyl (C=O) groups is 1. The number of Topliss-reactive ketones (excluding diaryl/α,β-unsaturated/α-hetero) is 1. The number of hydrogen-bond donors (Lipinski definition) is 0. The molecular weight excluding hydrogens is 334 g/mol. The number of carbonyl (C=O) groups excluding carboxylic acids is 1. The summed E-state index contributed by atoms with van der Waals surface area (Å²) in [6.07, 6.45) is 7.44. The van der Waals surface area contributed by atoms with Crippen molar-refractivity contribution >= 4 is 23.6 Å². The highest BCUT2D eigenvalue weighted by molar-refractivity contribution is 7.98. The lowest BCUT2D eigenvalue weighted by molar-refractivity contribution is 0.0903. The highest BCUT2D eigenvalue weighted by atomic mass is 32.2. The van der Waals surface area contributed by atoms with Crippen LogP contribution in [0.1, 0.15) is 54.3 Å². The Balaban J connectivity index is 1.48. The third kappa shape index (κ3) is 3.32. The van der Waals surface area contributed by atoms with Crippen LogP contribution >= 0.6 is 11.8 Å². The molecule has 1 saturated carbocycles. The number of piperidine rings is 1. The third-order valence-corrected chi connectivity index (χ3v) is 6.12. The Morgan fingerprint density at radius 2 is 2.04 bits per heavy atom. The summed E-state index contributed by atoms with van der Waals surface area (Å²) in [6.45, 7) is 1.54. The largest absolute Gasteiger partial charge is 0.408 e. The fourth-order valence-electron chi connectivity index (χ4n) is 3.61. The van der Waals surface area contributed by atoms with Gasteiger partial charge in [0.15, 0.2) is 5.78 Å². The first-order chi connectivity index (χ1) is 12.3. The van der Waals surface area contributed by atoms with Gasteiger partial charge in [0, 0.05) is 35.4 Å². The Kier molecular flexibility index (Phi) is 4.79. The molecule has 5 nitrogen and oxygen atoms in total. The monoisotopic (exact) mass is 357 g/mol. The van der Waals surface area contributed by atoms with Crippen LogP contribution in [0.15, 0.2) is 33.6 Å². The van der Waals surface area contributed by atoms with Gasteiger partial charge in [-0.2, -0.15) is 0 Å². The smallest absolute Gasteiger partial charge is 0.318 e. The lowest BCUT2D eigenvalue weighted by Gasteiger charge is -2.31. The average Bonchev–Trinajstić information content (AvgIpc) is 3.09. The molecule has 132 valence electrons. The number of rotatable bonds is 5. The molecule has 0 unspecified atom stereocenters. The maximum atomic E-state index is 13.0. The number of nitrogens with zero attached hydrogens (tertiary/aromatic N) is 3. The molecule has 2 fully saturated rings. The van der Waals surface area contributed by atoms with Crippen molar-refractivity contribution < 1.29 is 9.21 Å². The van der Waals surface area contributed by atoms with E-state index in [4.69, 9.17) is 4.42 Å². The van der Waals surface area contributed by atoms with Crippen LogP contribution in [0.25, 0.3) is 0 Å². The van der Waals surface area contributed by atoms with E-state index in [1.807, 2.05) is 30.5 Å². The summed E-state index contributed by atoms with van der Waals surface area (Å²) in [6, 6.07) is 8.46. The Bertz CT molecular complexity index is 757. The summed E-state index contributed by atoms with van der Waals surface area (Å²) < 4.78 is 5.89. The van der Waals surface area contributed by atoms with Gasteiger partial charge in [0.2, 0.25) is 5.89 Å². The molecule has 0 bridgehead atoms. The molecule has 0 amide bonds. The predicted octanol–water partition coefficient (Wildman–Crippen LogP) is 4.16. The number of anilines is 1. The number of benzene rings is 1. The Hall–Kier alpha value is -1.82. The van der Waals surface area contributed by atoms with Crippen molar-refractivity contribution in [3.8, 4) is 0 Å². The molecule has 1 aliphatic heterocycles. The number of hydrogen-bond acceptors (Lipinski definition) is 6. The Morgan fingerprint density at radius 1 is 1.20 bits per heavy atom. The number of aromatic nitrogens is 2. The standard InChI is InChI=1S/C19H23N3O2S/c1-25-16-10-3-2-9-15(16)17(23)14-8-5-11-22(12-14)19-21-20-18(24-19)13-6-4-7-13/h2-3,9-10,13-14H,4-8,11-12H2,1H3/t14-/m1/s1. The van der Waals surface area contributed by atoms with Crippen LogP contribution in [0, 0.1) is 5.92 Å². The van der Waals surface area contributed by atoms with Crippen molar-refractivity contribution in [2.45, 2.75) is 42.9 Å². The van der Waals surface area contributed by atoms with Gasteiger partial charge < -0.3 is 9.32 Å². The Labute approximate surface area is 152 Å². The van der Waals surface area contributed by atoms with Gasteiger partial charge in [-0.1, -0.05) is 29.7 Å². The van der Waals surface area contributed by atoms with Crippen LogP contribution in [0.4, 0.5) is 6.01 Å². The Morgan fingerprint density at radius 3 is 2.80 bits per heavy atom. The molecule has 1 aliphatic carbocycles. The second-order valence-corrected chi connectivity index (χ2v) is 7.75. The van der Waals surface area contributed by atoms with Gasteiger partial charge in [-0.15, -0.1) is 16.9 Å². The van der Waals surface area contributed by atoms with Crippen molar-refractivity contribution in [1.82, 2.24) is 10.2 Å². The lowest BCUT2D eigenvalue weighted by Crippen LogP contribution is -2.39. The van der Waals surface area contributed by atoms with Gasteiger partial charge in [0.25, 0.3) is 0 Å². The molecule has 25 heavy (non-hydrogen) atoms. The minimum Gasteiger partial charge on any atom is -0.408 e. The third-order valence-electron chi connectivity index (χ3n) is 5.32. The van der Waals surface area contributed by atoms with Crippen LogP contribution < -0.4 is 4.90 Å². The fourth-order valence-corrected chi connectivity index (χ4v) is 4.21.